The van der Waals surface area contributed by atoms with Crippen LogP contribution in [0.15, 0.2) is 84.0 Å². The summed E-state index contributed by atoms with van der Waals surface area (Å²) in [5, 5.41) is 14.3. The third kappa shape index (κ3) is 3.49. The fourth-order valence-electron chi connectivity index (χ4n) is 5.86. The largest absolute Gasteiger partial charge is 0.374 e. The van der Waals surface area contributed by atoms with Crippen molar-refractivity contribution >= 4 is 22.5 Å². The molecule has 1 N–H and O–H groups in total. The molecular formula is C31H26ClN3O2. The van der Waals surface area contributed by atoms with Crippen LogP contribution in [0.3, 0.4) is 0 Å². The number of benzene rings is 3. The van der Waals surface area contributed by atoms with Crippen LogP contribution >= 0.6 is 11.6 Å². The maximum absolute atomic E-state index is 13.3. The summed E-state index contributed by atoms with van der Waals surface area (Å²) in [5.74, 6) is 0. The maximum Gasteiger partial charge on any atom is 0.251 e. The van der Waals surface area contributed by atoms with E-state index in [0.717, 1.165) is 64.4 Å². The quantitative estimate of drug-likeness (QED) is 0.330. The first kappa shape index (κ1) is 22.5. The van der Waals surface area contributed by atoms with Crippen LogP contribution in [0.4, 0.5) is 0 Å². The number of aryl methyl sites for hydroxylation is 3. The lowest BCUT2D eigenvalue weighted by molar-refractivity contribution is 0.117. The highest BCUT2D eigenvalue weighted by Gasteiger charge is 2.38. The van der Waals surface area contributed by atoms with E-state index in [1.165, 1.54) is 5.56 Å². The van der Waals surface area contributed by atoms with Gasteiger partial charge in [-0.2, -0.15) is 0 Å². The topological polar surface area (TPSA) is 60.0 Å². The normalized spacial score (nSPS) is 18.9. The Morgan fingerprint density at radius 2 is 1.81 bits per heavy atom. The molecule has 2 aliphatic rings. The minimum atomic E-state index is -1.47. The molecule has 6 heteroatoms. The number of halogens is 1. The van der Waals surface area contributed by atoms with Crippen LogP contribution in [-0.4, -0.2) is 19.2 Å². The second-order valence-corrected chi connectivity index (χ2v) is 10.7. The van der Waals surface area contributed by atoms with Crippen LogP contribution in [0.25, 0.3) is 22.0 Å². The van der Waals surface area contributed by atoms with Crippen molar-refractivity contribution in [1.82, 2.24) is 14.1 Å². The Labute approximate surface area is 219 Å². The first-order chi connectivity index (χ1) is 17.9. The van der Waals surface area contributed by atoms with Crippen LogP contribution in [0.5, 0.6) is 0 Å². The standard InChI is InChI=1S/C31H26ClN3O2/c1-34-18-33-17-29(34)31(37)22-7-11-27(32)21(14-22)6-5-19-3-2-4-20(13-19)25-16-30(36)35(24-9-10-24)28-12-8-23(31)15-26(25)28/h2-4,7-8,11-18,24,37H,5-6,9-10H2,1H3. The van der Waals surface area contributed by atoms with E-state index in [1.807, 2.05) is 46.5 Å². The Morgan fingerprint density at radius 3 is 2.59 bits per heavy atom. The highest BCUT2D eigenvalue weighted by Crippen LogP contribution is 2.42. The van der Waals surface area contributed by atoms with E-state index < -0.39 is 5.60 Å². The van der Waals surface area contributed by atoms with Crippen LogP contribution < -0.4 is 5.56 Å². The molecule has 2 aromatic heterocycles. The molecule has 1 atom stereocenters. The molecule has 2 heterocycles. The lowest BCUT2D eigenvalue weighted by atomic mass is 9.81. The fourth-order valence-corrected chi connectivity index (χ4v) is 6.07. The summed E-state index contributed by atoms with van der Waals surface area (Å²) in [4.78, 5) is 17.7. The molecule has 0 amide bonds. The van der Waals surface area contributed by atoms with Crippen molar-refractivity contribution in [3.05, 3.63) is 123 Å². The molecule has 0 spiro atoms. The lowest BCUT2D eigenvalue weighted by Gasteiger charge is -2.31. The molecular weight excluding hydrogens is 482 g/mol. The van der Waals surface area contributed by atoms with Crippen molar-refractivity contribution in [2.24, 2.45) is 7.05 Å². The number of aliphatic hydroxyl groups is 1. The first-order valence-corrected chi connectivity index (χ1v) is 13.1. The molecule has 5 nitrogen and oxygen atoms in total. The average Bonchev–Trinajstić information content (AvgIpc) is 3.65. The van der Waals surface area contributed by atoms with E-state index in [9.17, 15) is 9.90 Å². The minimum Gasteiger partial charge on any atom is -0.374 e. The SMILES string of the molecule is Cn1cncc1C1(O)c2ccc(Cl)c(c2)CCc2cccc(c2)-c2cc(=O)n(C3CC3)c3ccc1cc23. The Hall–Kier alpha value is -3.67. The Morgan fingerprint density at radius 1 is 1.00 bits per heavy atom. The number of hydrogen-bond donors (Lipinski definition) is 1. The molecule has 2 aliphatic carbocycles. The molecule has 7 rings (SSSR count). The molecule has 184 valence electrons. The minimum absolute atomic E-state index is 0.0211. The highest BCUT2D eigenvalue weighted by molar-refractivity contribution is 6.31. The smallest absolute Gasteiger partial charge is 0.251 e. The average molecular weight is 508 g/mol. The molecule has 0 saturated heterocycles. The number of nitrogens with zero attached hydrogens (tertiary/aromatic N) is 3. The van der Waals surface area contributed by atoms with E-state index in [0.29, 0.717) is 10.7 Å². The molecule has 1 saturated carbocycles. The van der Waals surface area contributed by atoms with E-state index in [1.54, 1.807) is 18.6 Å². The molecule has 37 heavy (non-hydrogen) atoms. The van der Waals surface area contributed by atoms with Gasteiger partial charge in [0.1, 0.15) is 0 Å². The van der Waals surface area contributed by atoms with Gasteiger partial charge in [-0.05, 0) is 77.3 Å². The molecule has 1 fully saturated rings. The summed E-state index contributed by atoms with van der Waals surface area (Å²) in [6.45, 7) is 0. The van der Waals surface area contributed by atoms with Gasteiger partial charge in [0, 0.05) is 29.6 Å². The molecule has 0 aliphatic heterocycles. The van der Waals surface area contributed by atoms with Gasteiger partial charge in [-0.3, -0.25) is 4.79 Å². The van der Waals surface area contributed by atoms with E-state index in [4.69, 9.17) is 11.6 Å². The summed E-state index contributed by atoms with van der Waals surface area (Å²) in [5.41, 5.74) is 5.61. The number of imidazole rings is 1. The second-order valence-electron chi connectivity index (χ2n) is 10.3. The van der Waals surface area contributed by atoms with Gasteiger partial charge < -0.3 is 14.2 Å². The van der Waals surface area contributed by atoms with Crippen LogP contribution in [0, 0.1) is 0 Å². The van der Waals surface area contributed by atoms with Gasteiger partial charge in [0.2, 0.25) is 0 Å². The van der Waals surface area contributed by atoms with Crippen LogP contribution in [-0.2, 0) is 25.5 Å². The van der Waals surface area contributed by atoms with Gasteiger partial charge >= 0.3 is 0 Å². The first-order valence-electron chi connectivity index (χ1n) is 12.7. The maximum atomic E-state index is 13.3. The van der Waals surface area contributed by atoms with Gasteiger partial charge in [-0.15, -0.1) is 0 Å². The van der Waals surface area contributed by atoms with Crippen LogP contribution in [0.2, 0.25) is 5.02 Å². The van der Waals surface area contributed by atoms with Crippen molar-refractivity contribution in [3.63, 3.8) is 0 Å². The Bertz CT molecular complexity index is 1760. The number of hydrogen-bond acceptors (Lipinski definition) is 3. The summed E-state index contributed by atoms with van der Waals surface area (Å²) in [6, 6.07) is 22.2. The van der Waals surface area contributed by atoms with E-state index in [2.05, 4.69) is 35.3 Å². The molecule has 1 unspecified atom stereocenters. The van der Waals surface area contributed by atoms with E-state index >= 15 is 0 Å². The molecule has 0 radical (unpaired) electrons. The third-order valence-corrected chi connectivity index (χ3v) is 8.32. The lowest BCUT2D eigenvalue weighted by Crippen LogP contribution is -2.31. The molecule has 3 aromatic carbocycles. The second kappa shape index (κ2) is 8.17. The Balaban J connectivity index is 1.61. The zero-order chi connectivity index (χ0) is 25.3. The highest BCUT2D eigenvalue weighted by atomic mass is 35.5. The summed E-state index contributed by atoms with van der Waals surface area (Å²) < 4.78 is 3.78. The predicted molar refractivity (Wildman–Crippen MR) is 146 cm³/mol. The van der Waals surface area contributed by atoms with Gasteiger partial charge in [0.25, 0.3) is 5.56 Å². The molecule has 5 aromatic rings. The number of aromatic nitrogens is 3. The van der Waals surface area contributed by atoms with Crippen molar-refractivity contribution < 1.29 is 5.11 Å². The van der Waals surface area contributed by atoms with Crippen molar-refractivity contribution in [3.8, 4) is 11.1 Å². The zero-order valence-corrected chi connectivity index (χ0v) is 21.2. The number of fused-ring (bicyclic) bond motifs is 6. The summed E-state index contributed by atoms with van der Waals surface area (Å²) in [7, 11) is 1.89. The third-order valence-electron chi connectivity index (χ3n) is 7.95. The number of rotatable bonds is 2. The van der Waals surface area contributed by atoms with E-state index in [-0.39, 0.29) is 11.6 Å². The van der Waals surface area contributed by atoms with Gasteiger partial charge in [-0.25, -0.2) is 4.98 Å². The van der Waals surface area contributed by atoms with Gasteiger partial charge in [0.15, 0.2) is 5.60 Å². The fraction of sp³-hybridized carbons (Fsp3) is 0.226. The zero-order valence-electron chi connectivity index (χ0n) is 20.5. The molecule has 6 bridgehead atoms. The van der Waals surface area contributed by atoms with Crippen molar-refractivity contribution in [1.29, 1.82) is 0 Å². The predicted octanol–water partition coefficient (Wildman–Crippen LogP) is 5.77. The van der Waals surface area contributed by atoms with Crippen molar-refractivity contribution in [2.45, 2.75) is 37.3 Å². The summed E-state index contributed by atoms with van der Waals surface area (Å²) >= 11 is 6.65. The summed E-state index contributed by atoms with van der Waals surface area (Å²) in [6.07, 6.45) is 6.96. The van der Waals surface area contributed by atoms with Gasteiger partial charge in [0.05, 0.1) is 23.7 Å². The van der Waals surface area contributed by atoms with Crippen molar-refractivity contribution in [2.75, 3.05) is 0 Å². The monoisotopic (exact) mass is 507 g/mol. The van der Waals surface area contributed by atoms with Gasteiger partial charge in [-0.1, -0.05) is 54.1 Å². The van der Waals surface area contributed by atoms with Crippen LogP contribution in [0.1, 0.15) is 46.8 Å². The Kier molecular flexibility index (Phi) is 4.97. The number of pyridine rings is 1.